The fourth-order valence-electron chi connectivity index (χ4n) is 0.888. The van der Waals surface area contributed by atoms with Crippen molar-refractivity contribution in [1.82, 2.24) is 14.9 Å². The summed E-state index contributed by atoms with van der Waals surface area (Å²) in [5.74, 6) is 1.37. The molecule has 0 amide bonds. The molecule has 5 nitrogen and oxygen atoms in total. The van der Waals surface area contributed by atoms with Crippen LogP contribution in [0.15, 0.2) is 12.4 Å². The van der Waals surface area contributed by atoms with Gasteiger partial charge in [-0.25, -0.2) is 9.97 Å². The topological polar surface area (TPSA) is 50.3 Å². The highest BCUT2D eigenvalue weighted by Gasteiger charge is 1.98. The van der Waals surface area contributed by atoms with E-state index in [1.807, 2.05) is 21.1 Å². The molecule has 0 bridgehead atoms. The highest BCUT2D eigenvalue weighted by Crippen LogP contribution is 2.09. The second-order valence-corrected chi connectivity index (χ2v) is 3.14. The summed E-state index contributed by atoms with van der Waals surface area (Å²) < 4.78 is 5.43. The van der Waals surface area contributed by atoms with E-state index in [9.17, 15) is 0 Å². The lowest BCUT2D eigenvalue weighted by Crippen LogP contribution is -2.19. The first-order valence-corrected chi connectivity index (χ1v) is 4.49. The van der Waals surface area contributed by atoms with Gasteiger partial charge in [0.1, 0.15) is 18.8 Å². The van der Waals surface area contributed by atoms with Crippen molar-refractivity contribution in [3.8, 4) is 5.88 Å². The summed E-state index contributed by atoms with van der Waals surface area (Å²) in [5, 5.41) is 2.93. The Hall–Kier alpha value is -1.36. The van der Waals surface area contributed by atoms with Crippen LogP contribution in [0.25, 0.3) is 0 Å². The molecule has 1 heterocycles. The minimum Gasteiger partial charge on any atom is -0.476 e. The summed E-state index contributed by atoms with van der Waals surface area (Å²) in [6, 6.07) is 1.77. The second-order valence-electron chi connectivity index (χ2n) is 3.14. The van der Waals surface area contributed by atoms with Gasteiger partial charge in [0.15, 0.2) is 0 Å². The van der Waals surface area contributed by atoms with Crippen LogP contribution in [0.2, 0.25) is 0 Å². The Kier molecular flexibility index (Phi) is 4.12. The minimum absolute atomic E-state index is 0.603. The number of ether oxygens (including phenoxy) is 1. The van der Waals surface area contributed by atoms with Crippen LogP contribution in [0.1, 0.15) is 0 Å². The Labute approximate surface area is 84.1 Å². The summed E-state index contributed by atoms with van der Waals surface area (Å²) >= 11 is 0. The molecular weight excluding hydrogens is 180 g/mol. The van der Waals surface area contributed by atoms with Crippen molar-refractivity contribution in [2.24, 2.45) is 0 Å². The first-order valence-electron chi connectivity index (χ1n) is 4.49. The zero-order valence-electron chi connectivity index (χ0n) is 8.82. The quantitative estimate of drug-likeness (QED) is 0.741. The maximum atomic E-state index is 5.43. The van der Waals surface area contributed by atoms with Gasteiger partial charge >= 0.3 is 0 Å². The zero-order chi connectivity index (χ0) is 10.4. The molecule has 0 fully saturated rings. The van der Waals surface area contributed by atoms with E-state index < -0.39 is 0 Å². The predicted octanol–water partition coefficient (Wildman–Crippen LogP) is 0.459. The molecular formula is C9H16N4O. The number of aromatic nitrogens is 2. The number of nitrogens with zero attached hydrogens (tertiary/aromatic N) is 3. The molecule has 0 aliphatic carbocycles. The van der Waals surface area contributed by atoms with Crippen LogP contribution in [0, 0.1) is 0 Å². The molecule has 0 spiro atoms. The molecule has 5 heteroatoms. The third-order valence-corrected chi connectivity index (χ3v) is 1.69. The molecule has 0 aromatic carbocycles. The van der Waals surface area contributed by atoms with Crippen LogP contribution in [-0.4, -0.2) is 49.2 Å². The summed E-state index contributed by atoms with van der Waals surface area (Å²) in [4.78, 5) is 10.0. The van der Waals surface area contributed by atoms with Gasteiger partial charge in [-0.1, -0.05) is 0 Å². The van der Waals surface area contributed by atoms with E-state index in [0.29, 0.717) is 12.5 Å². The zero-order valence-corrected chi connectivity index (χ0v) is 8.82. The first kappa shape index (κ1) is 10.7. The summed E-state index contributed by atoms with van der Waals surface area (Å²) in [6.07, 6.45) is 1.48. The molecule has 0 saturated carbocycles. The summed E-state index contributed by atoms with van der Waals surface area (Å²) in [5.41, 5.74) is 0. The molecule has 0 aliphatic rings. The lowest BCUT2D eigenvalue weighted by molar-refractivity contribution is 0.253. The fraction of sp³-hybridized carbons (Fsp3) is 0.556. The Morgan fingerprint density at radius 1 is 1.43 bits per heavy atom. The largest absolute Gasteiger partial charge is 0.476 e. The molecule has 0 atom stereocenters. The molecule has 0 saturated heterocycles. The van der Waals surface area contributed by atoms with Gasteiger partial charge in [-0.15, -0.1) is 0 Å². The molecule has 0 radical (unpaired) electrons. The van der Waals surface area contributed by atoms with Crippen LogP contribution in [0.5, 0.6) is 5.88 Å². The third-order valence-electron chi connectivity index (χ3n) is 1.69. The average Bonchev–Trinajstić information content (AvgIpc) is 2.18. The third kappa shape index (κ3) is 3.57. The second kappa shape index (κ2) is 5.39. The smallest absolute Gasteiger partial charge is 0.218 e. The highest BCUT2D eigenvalue weighted by molar-refractivity contribution is 5.35. The van der Waals surface area contributed by atoms with E-state index in [4.69, 9.17) is 4.74 Å². The van der Waals surface area contributed by atoms with E-state index in [0.717, 1.165) is 12.4 Å². The van der Waals surface area contributed by atoms with Gasteiger partial charge in [0, 0.05) is 19.7 Å². The van der Waals surface area contributed by atoms with Crippen molar-refractivity contribution in [1.29, 1.82) is 0 Å². The van der Waals surface area contributed by atoms with Crippen molar-refractivity contribution < 1.29 is 4.74 Å². The Morgan fingerprint density at radius 3 is 2.86 bits per heavy atom. The standard InChI is InChI=1S/C9H16N4O/c1-10-8-6-9(12-7-11-8)14-5-4-13(2)3/h6-7H,4-5H2,1-3H3,(H,10,11,12). The van der Waals surface area contributed by atoms with Gasteiger partial charge < -0.3 is 15.0 Å². The summed E-state index contributed by atoms with van der Waals surface area (Å²) in [6.45, 7) is 1.51. The maximum Gasteiger partial charge on any atom is 0.218 e. The molecule has 1 aromatic rings. The van der Waals surface area contributed by atoms with Crippen molar-refractivity contribution in [2.75, 3.05) is 39.6 Å². The number of rotatable bonds is 5. The molecule has 0 aliphatic heterocycles. The molecule has 0 unspecified atom stereocenters. The number of hydrogen-bond acceptors (Lipinski definition) is 5. The predicted molar refractivity (Wildman–Crippen MR) is 55.6 cm³/mol. The number of anilines is 1. The van der Waals surface area contributed by atoms with E-state index in [1.54, 1.807) is 6.07 Å². The van der Waals surface area contributed by atoms with Gasteiger partial charge in [0.25, 0.3) is 0 Å². The average molecular weight is 196 g/mol. The van der Waals surface area contributed by atoms with Gasteiger partial charge in [-0.3, -0.25) is 0 Å². The van der Waals surface area contributed by atoms with Crippen LogP contribution < -0.4 is 10.1 Å². The van der Waals surface area contributed by atoms with Crippen LogP contribution in [0.3, 0.4) is 0 Å². The Morgan fingerprint density at radius 2 is 2.21 bits per heavy atom. The highest BCUT2D eigenvalue weighted by atomic mass is 16.5. The SMILES string of the molecule is CNc1cc(OCCN(C)C)ncn1. The Bertz CT molecular complexity index is 277. The molecule has 14 heavy (non-hydrogen) atoms. The molecule has 1 rings (SSSR count). The lowest BCUT2D eigenvalue weighted by Gasteiger charge is -2.10. The van der Waals surface area contributed by atoms with E-state index >= 15 is 0 Å². The van der Waals surface area contributed by atoms with Gasteiger partial charge in [0.05, 0.1) is 0 Å². The van der Waals surface area contributed by atoms with E-state index in [-0.39, 0.29) is 0 Å². The molecule has 1 N–H and O–H groups in total. The van der Waals surface area contributed by atoms with E-state index in [1.165, 1.54) is 6.33 Å². The minimum atomic E-state index is 0.603. The normalized spacial score (nSPS) is 10.3. The van der Waals surface area contributed by atoms with Crippen molar-refractivity contribution in [3.63, 3.8) is 0 Å². The van der Waals surface area contributed by atoms with Crippen molar-refractivity contribution >= 4 is 5.82 Å². The van der Waals surface area contributed by atoms with E-state index in [2.05, 4.69) is 20.2 Å². The maximum absolute atomic E-state index is 5.43. The lowest BCUT2D eigenvalue weighted by atomic mass is 10.5. The van der Waals surface area contributed by atoms with Crippen molar-refractivity contribution in [3.05, 3.63) is 12.4 Å². The monoisotopic (exact) mass is 196 g/mol. The van der Waals surface area contributed by atoms with Gasteiger partial charge in [0.2, 0.25) is 5.88 Å². The fourth-order valence-corrected chi connectivity index (χ4v) is 0.888. The Balaban J connectivity index is 2.42. The van der Waals surface area contributed by atoms with Gasteiger partial charge in [-0.2, -0.15) is 0 Å². The van der Waals surface area contributed by atoms with Gasteiger partial charge in [-0.05, 0) is 14.1 Å². The van der Waals surface area contributed by atoms with Crippen LogP contribution in [0.4, 0.5) is 5.82 Å². The number of likely N-dealkylation sites (N-methyl/N-ethyl adjacent to an activating group) is 1. The van der Waals surface area contributed by atoms with Crippen LogP contribution >= 0.6 is 0 Å². The first-order chi connectivity index (χ1) is 6.72. The number of nitrogens with one attached hydrogen (secondary N) is 1. The molecule has 78 valence electrons. The number of hydrogen-bond donors (Lipinski definition) is 1. The van der Waals surface area contributed by atoms with Crippen molar-refractivity contribution in [2.45, 2.75) is 0 Å². The molecule has 1 aromatic heterocycles. The van der Waals surface area contributed by atoms with Crippen LogP contribution in [-0.2, 0) is 0 Å². The summed E-state index contributed by atoms with van der Waals surface area (Å²) in [7, 11) is 5.82.